The van der Waals surface area contributed by atoms with Gasteiger partial charge in [-0.2, -0.15) is 0 Å². The monoisotopic (exact) mass is 352 g/mol. The number of nitrogens with one attached hydrogen (secondary N) is 3. The van der Waals surface area contributed by atoms with E-state index in [1.54, 1.807) is 36.7 Å². The average molecular weight is 352 g/mol. The molecule has 0 aliphatic rings. The molecule has 0 radical (unpaired) electrons. The highest BCUT2D eigenvalue weighted by Crippen LogP contribution is 2.13. The SMILES string of the molecule is O=C(NCCNc1ccc(Nc2ccncc2)nn1)c1ccccc1F. The summed E-state index contributed by atoms with van der Waals surface area (Å²) in [5.41, 5.74) is 0.893. The fourth-order valence-corrected chi connectivity index (χ4v) is 2.18. The molecular weight excluding hydrogens is 335 g/mol. The highest BCUT2D eigenvalue weighted by atomic mass is 19.1. The minimum atomic E-state index is -0.541. The van der Waals surface area contributed by atoms with Gasteiger partial charge in [0, 0.05) is 31.2 Å². The molecule has 7 nitrogen and oxygen atoms in total. The van der Waals surface area contributed by atoms with Crippen molar-refractivity contribution in [3.63, 3.8) is 0 Å². The van der Waals surface area contributed by atoms with E-state index in [-0.39, 0.29) is 5.56 Å². The molecule has 0 spiro atoms. The van der Waals surface area contributed by atoms with Gasteiger partial charge >= 0.3 is 0 Å². The van der Waals surface area contributed by atoms with Crippen LogP contribution in [0, 0.1) is 5.82 Å². The molecule has 1 aromatic carbocycles. The number of nitrogens with zero attached hydrogens (tertiary/aromatic N) is 3. The van der Waals surface area contributed by atoms with Gasteiger partial charge in [-0.1, -0.05) is 12.1 Å². The number of amides is 1. The Morgan fingerprint density at radius 1 is 0.923 bits per heavy atom. The Hall–Kier alpha value is -3.55. The van der Waals surface area contributed by atoms with Crippen LogP contribution in [0.15, 0.2) is 60.9 Å². The van der Waals surface area contributed by atoms with E-state index in [9.17, 15) is 9.18 Å². The van der Waals surface area contributed by atoms with E-state index >= 15 is 0 Å². The van der Waals surface area contributed by atoms with E-state index in [0.717, 1.165) is 5.69 Å². The lowest BCUT2D eigenvalue weighted by Gasteiger charge is -2.08. The van der Waals surface area contributed by atoms with E-state index < -0.39 is 11.7 Å². The summed E-state index contributed by atoms with van der Waals surface area (Å²) in [6.07, 6.45) is 3.36. The zero-order chi connectivity index (χ0) is 18.2. The van der Waals surface area contributed by atoms with Crippen LogP contribution >= 0.6 is 0 Å². The van der Waals surface area contributed by atoms with Crippen LogP contribution in [0.3, 0.4) is 0 Å². The maximum atomic E-state index is 13.5. The highest BCUT2D eigenvalue weighted by molar-refractivity contribution is 5.94. The van der Waals surface area contributed by atoms with E-state index in [2.05, 4.69) is 31.1 Å². The van der Waals surface area contributed by atoms with Crippen LogP contribution in [0.5, 0.6) is 0 Å². The second kappa shape index (κ2) is 8.52. The molecule has 0 aliphatic carbocycles. The number of hydrogen-bond donors (Lipinski definition) is 3. The van der Waals surface area contributed by atoms with Crippen molar-refractivity contribution in [1.29, 1.82) is 0 Å². The maximum Gasteiger partial charge on any atom is 0.254 e. The van der Waals surface area contributed by atoms with Crippen molar-refractivity contribution in [1.82, 2.24) is 20.5 Å². The lowest BCUT2D eigenvalue weighted by Crippen LogP contribution is -2.29. The number of rotatable bonds is 7. The number of pyridine rings is 1. The first kappa shape index (κ1) is 17.3. The summed E-state index contributed by atoms with van der Waals surface area (Å²) in [4.78, 5) is 15.8. The lowest BCUT2D eigenvalue weighted by atomic mass is 10.2. The lowest BCUT2D eigenvalue weighted by molar-refractivity contribution is 0.0951. The molecule has 8 heteroatoms. The van der Waals surface area contributed by atoms with Crippen molar-refractivity contribution in [3.8, 4) is 0 Å². The molecule has 1 amide bonds. The van der Waals surface area contributed by atoms with Gasteiger partial charge < -0.3 is 16.0 Å². The first-order valence-corrected chi connectivity index (χ1v) is 8.00. The Kier molecular flexibility index (Phi) is 5.66. The van der Waals surface area contributed by atoms with Crippen LogP contribution in [0.4, 0.5) is 21.7 Å². The Morgan fingerprint density at radius 2 is 1.65 bits per heavy atom. The molecule has 2 aromatic heterocycles. The molecule has 3 aromatic rings. The van der Waals surface area contributed by atoms with E-state index in [0.29, 0.717) is 24.7 Å². The third kappa shape index (κ3) is 4.73. The molecule has 0 aliphatic heterocycles. The predicted molar refractivity (Wildman–Crippen MR) is 96.8 cm³/mol. The second-order valence-electron chi connectivity index (χ2n) is 5.33. The quantitative estimate of drug-likeness (QED) is 0.566. The first-order valence-electron chi connectivity index (χ1n) is 8.00. The number of halogens is 1. The fraction of sp³-hybridized carbons (Fsp3) is 0.111. The number of benzene rings is 1. The van der Waals surface area contributed by atoms with Crippen molar-refractivity contribution in [2.45, 2.75) is 0 Å². The summed E-state index contributed by atoms with van der Waals surface area (Å²) in [7, 11) is 0. The number of aromatic nitrogens is 3. The Balaban J connectivity index is 1.44. The van der Waals surface area contributed by atoms with Gasteiger partial charge in [-0.05, 0) is 36.4 Å². The highest BCUT2D eigenvalue weighted by Gasteiger charge is 2.09. The van der Waals surface area contributed by atoms with Crippen LogP contribution in [0.2, 0.25) is 0 Å². The molecule has 0 unspecified atom stereocenters. The normalized spacial score (nSPS) is 10.2. The molecule has 132 valence electrons. The zero-order valence-electron chi connectivity index (χ0n) is 13.8. The second-order valence-corrected chi connectivity index (χ2v) is 5.33. The molecule has 0 fully saturated rings. The summed E-state index contributed by atoms with van der Waals surface area (Å²) < 4.78 is 13.5. The van der Waals surface area contributed by atoms with Gasteiger partial charge in [0.05, 0.1) is 5.56 Å². The molecule has 0 saturated carbocycles. The van der Waals surface area contributed by atoms with Crippen molar-refractivity contribution >= 4 is 23.2 Å². The van der Waals surface area contributed by atoms with E-state index in [4.69, 9.17) is 0 Å². The molecule has 3 N–H and O–H groups in total. The molecule has 3 rings (SSSR count). The van der Waals surface area contributed by atoms with Gasteiger partial charge in [-0.25, -0.2) is 4.39 Å². The number of carbonyl (C=O) groups excluding carboxylic acids is 1. The minimum Gasteiger partial charge on any atom is -0.367 e. The van der Waals surface area contributed by atoms with Crippen molar-refractivity contribution < 1.29 is 9.18 Å². The van der Waals surface area contributed by atoms with Gasteiger partial charge in [0.25, 0.3) is 5.91 Å². The van der Waals surface area contributed by atoms with Crippen LogP contribution < -0.4 is 16.0 Å². The summed E-state index contributed by atoms with van der Waals surface area (Å²) in [6.45, 7) is 0.762. The minimum absolute atomic E-state index is 0.0267. The number of anilines is 3. The molecule has 2 heterocycles. The molecule has 0 atom stereocenters. The molecule has 26 heavy (non-hydrogen) atoms. The summed E-state index contributed by atoms with van der Waals surface area (Å²) in [5, 5.41) is 16.9. The van der Waals surface area contributed by atoms with Crippen LogP contribution in [-0.4, -0.2) is 34.2 Å². The Morgan fingerprint density at radius 3 is 2.38 bits per heavy atom. The maximum absolute atomic E-state index is 13.5. The smallest absolute Gasteiger partial charge is 0.254 e. The Labute approximate surface area is 149 Å². The standard InChI is InChI=1S/C18H17FN6O/c19-15-4-2-1-3-14(15)18(26)22-12-11-21-16-5-6-17(25-24-16)23-13-7-9-20-10-8-13/h1-10H,11-12H2,(H,21,24)(H,22,26)(H,20,23,25). The van der Waals surface area contributed by atoms with Crippen LogP contribution in [0.25, 0.3) is 0 Å². The van der Waals surface area contributed by atoms with E-state index in [1.807, 2.05) is 12.1 Å². The summed E-state index contributed by atoms with van der Waals surface area (Å²) in [6, 6.07) is 13.1. The van der Waals surface area contributed by atoms with Gasteiger partial charge in [0.15, 0.2) is 5.82 Å². The van der Waals surface area contributed by atoms with Gasteiger partial charge in [-0.15, -0.1) is 10.2 Å². The summed E-state index contributed by atoms with van der Waals surface area (Å²) >= 11 is 0. The van der Waals surface area contributed by atoms with Crippen molar-refractivity contribution in [2.75, 3.05) is 23.7 Å². The first-order chi connectivity index (χ1) is 12.7. The molecular formula is C18H17FN6O. The van der Waals surface area contributed by atoms with Gasteiger partial charge in [0.1, 0.15) is 11.6 Å². The zero-order valence-corrected chi connectivity index (χ0v) is 13.8. The molecule has 0 bridgehead atoms. The number of hydrogen-bond acceptors (Lipinski definition) is 6. The van der Waals surface area contributed by atoms with E-state index in [1.165, 1.54) is 12.1 Å². The fourth-order valence-electron chi connectivity index (χ4n) is 2.18. The van der Waals surface area contributed by atoms with Gasteiger partial charge in [-0.3, -0.25) is 9.78 Å². The average Bonchev–Trinajstić information content (AvgIpc) is 2.67. The Bertz CT molecular complexity index is 857. The van der Waals surface area contributed by atoms with Crippen LogP contribution in [0.1, 0.15) is 10.4 Å². The van der Waals surface area contributed by atoms with Gasteiger partial charge in [0.2, 0.25) is 0 Å². The largest absolute Gasteiger partial charge is 0.367 e. The molecule has 0 saturated heterocycles. The topological polar surface area (TPSA) is 91.8 Å². The third-order valence-electron chi connectivity index (χ3n) is 3.45. The number of carbonyl (C=O) groups is 1. The van der Waals surface area contributed by atoms with Crippen molar-refractivity contribution in [2.24, 2.45) is 0 Å². The predicted octanol–water partition coefficient (Wildman–Crippen LogP) is 2.60. The third-order valence-corrected chi connectivity index (χ3v) is 3.45. The van der Waals surface area contributed by atoms with Crippen molar-refractivity contribution in [3.05, 3.63) is 72.3 Å². The summed E-state index contributed by atoms with van der Waals surface area (Å²) in [5.74, 6) is 0.189. The van der Waals surface area contributed by atoms with Crippen LogP contribution in [-0.2, 0) is 0 Å².